The monoisotopic (exact) mass is 380 g/mol. The molecule has 0 radical (unpaired) electrons. The van der Waals surface area contributed by atoms with Crippen molar-refractivity contribution in [2.75, 3.05) is 18.2 Å². The normalized spacial score (nSPS) is 10.5. The van der Waals surface area contributed by atoms with E-state index >= 15 is 0 Å². The van der Waals surface area contributed by atoms with Gasteiger partial charge in [-0.2, -0.15) is 0 Å². The first kappa shape index (κ1) is 16.7. The molecule has 0 spiro atoms. The van der Waals surface area contributed by atoms with Crippen LogP contribution in [0.1, 0.15) is 9.67 Å². The zero-order valence-electron chi connectivity index (χ0n) is 12.4. The first-order chi connectivity index (χ1) is 11.7. The third-order valence-electron chi connectivity index (χ3n) is 2.86. The molecule has 3 rings (SSSR count). The molecule has 3 aromatic rings. The number of ether oxygens (including phenoxy) is 1. The Hall–Kier alpha value is -2.17. The van der Waals surface area contributed by atoms with Crippen LogP contribution in [0.5, 0.6) is 0 Å². The first-order valence-electron chi connectivity index (χ1n) is 6.72. The number of aromatic nitrogens is 3. The Kier molecular flexibility index (Phi) is 5.28. The van der Waals surface area contributed by atoms with Crippen LogP contribution in [-0.4, -0.2) is 39.9 Å². The van der Waals surface area contributed by atoms with E-state index in [0.717, 1.165) is 4.88 Å². The Labute approximate surface area is 149 Å². The summed E-state index contributed by atoms with van der Waals surface area (Å²) in [5, 5.41) is 13.8. The lowest BCUT2D eigenvalue weighted by molar-refractivity contribution is -0.113. The number of hydrogen-bond donors (Lipinski definition) is 2. The number of hydrogen-bond acceptors (Lipinski definition) is 8. The third kappa shape index (κ3) is 3.83. The average molecular weight is 380 g/mol. The number of nitrogens with zero attached hydrogens (tertiary/aromatic N) is 2. The van der Waals surface area contributed by atoms with E-state index in [0.29, 0.717) is 21.5 Å². The minimum Gasteiger partial charge on any atom is -0.465 e. The summed E-state index contributed by atoms with van der Waals surface area (Å²) >= 11 is 3.99. The fourth-order valence-electron chi connectivity index (χ4n) is 1.81. The Morgan fingerprint density at radius 1 is 1.33 bits per heavy atom. The van der Waals surface area contributed by atoms with Gasteiger partial charge in [0.25, 0.3) is 0 Å². The van der Waals surface area contributed by atoms with Crippen LogP contribution in [0.15, 0.2) is 34.1 Å². The molecule has 3 aromatic heterocycles. The minimum absolute atomic E-state index is 0.137. The number of rotatable bonds is 6. The van der Waals surface area contributed by atoms with Crippen molar-refractivity contribution in [1.82, 2.24) is 15.2 Å². The van der Waals surface area contributed by atoms with Gasteiger partial charge in [-0.15, -0.1) is 27.8 Å². The highest BCUT2D eigenvalue weighted by molar-refractivity contribution is 7.99. The molecule has 0 bridgehead atoms. The molecule has 1 amide bonds. The maximum absolute atomic E-state index is 12.0. The van der Waals surface area contributed by atoms with E-state index < -0.39 is 5.97 Å². The van der Waals surface area contributed by atoms with Gasteiger partial charge >= 0.3 is 5.97 Å². The van der Waals surface area contributed by atoms with Crippen molar-refractivity contribution in [3.8, 4) is 10.7 Å². The largest absolute Gasteiger partial charge is 0.465 e. The van der Waals surface area contributed by atoms with E-state index in [1.807, 2.05) is 17.5 Å². The Bertz CT molecular complexity index is 841. The summed E-state index contributed by atoms with van der Waals surface area (Å²) in [6, 6.07) is 5.54. The number of carbonyl (C=O) groups is 2. The highest BCUT2D eigenvalue weighted by Crippen LogP contribution is 2.25. The average Bonchev–Trinajstić information content (AvgIpc) is 3.32. The first-order valence-corrected chi connectivity index (χ1v) is 9.46. The van der Waals surface area contributed by atoms with Crippen LogP contribution in [-0.2, 0) is 9.53 Å². The number of anilines is 1. The topological polar surface area (TPSA) is 97.0 Å². The number of methoxy groups -OCH3 is 1. The lowest BCUT2D eigenvalue weighted by Gasteiger charge is -2.04. The molecule has 2 N–H and O–H groups in total. The summed E-state index contributed by atoms with van der Waals surface area (Å²) in [4.78, 5) is 29.3. The molecular formula is C14H12N4O3S3. The molecule has 0 atom stereocenters. The van der Waals surface area contributed by atoms with Crippen molar-refractivity contribution in [3.05, 3.63) is 33.8 Å². The standard InChI is InChI=1S/C14H12N4O3S3/c1-21-13(20)11-8(4-6-23-11)15-10(19)7-24-14-16-12(17-18-14)9-3-2-5-22-9/h2-6H,7H2,1H3,(H,15,19)(H,16,17,18). The number of amides is 1. The smallest absolute Gasteiger partial charge is 0.350 e. The molecule has 0 aliphatic rings. The van der Waals surface area contributed by atoms with Gasteiger partial charge in [0.15, 0.2) is 5.82 Å². The molecule has 124 valence electrons. The SMILES string of the molecule is COC(=O)c1sccc1NC(=O)CSc1n[nH]c(-c2cccs2)n1. The predicted octanol–water partition coefficient (Wildman–Crippen LogP) is 3.11. The van der Waals surface area contributed by atoms with Crippen molar-refractivity contribution in [2.45, 2.75) is 5.16 Å². The van der Waals surface area contributed by atoms with Crippen LogP contribution in [0.4, 0.5) is 5.69 Å². The van der Waals surface area contributed by atoms with Crippen molar-refractivity contribution in [1.29, 1.82) is 0 Å². The maximum atomic E-state index is 12.0. The number of H-pyrrole nitrogens is 1. The Balaban J connectivity index is 1.57. The van der Waals surface area contributed by atoms with Gasteiger partial charge in [-0.25, -0.2) is 9.78 Å². The molecule has 0 aliphatic heterocycles. The van der Waals surface area contributed by atoms with Gasteiger partial charge in [0, 0.05) is 0 Å². The molecule has 0 aliphatic carbocycles. The van der Waals surface area contributed by atoms with Gasteiger partial charge in [-0.3, -0.25) is 9.89 Å². The van der Waals surface area contributed by atoms with Crippen LogP contribution >= 0.6 is 34.4 Å². The maximum Gasteiger partial charge on any atom is 0.350 e. The number of thiophene rings is 2. The van der Waals surface area contributed by atoms with E-state index in [-0.39, 0.29) is 11.7 Å². The number of carbonyl (C=O) groups excluding carboxylic acids is 2. The van der Waals surface area contributed by atoms with E-state index in [2.05, 4.69) is 25.2 Å². The second-order valence-electron chi connectivity index (χ2n) is 4.44. The van der Waals surface area contributed by atoms with Crippen LogP contribution in [0.25, 0.3) is 10.7 Å². The lowest BCUT2D eigenvalue weighted by atomic mass is 10.4. The minimum atomic E-state index is -0.470. The van der Waals surface area contributed by atoms with Crippen LogP contribution in [0.2, 0.25) is 0 Å². The second-order valence-corrected chi connectivity index (χ2v) is 7.24. The Morgan fingerprint density at radius 3 is 2.96 bits per heavy atom. The fraction of sp³-hybridized carbons (Fsp3) is 0.143. The number of esters is 1. The summed E-state index contributed by atoms with van der Waals surface area (Å²) in [6.45, 7) is 0. The van der Waals surface area contributed by atoms with Gasteiger partial charge < -0.3 is 10.1 Å². The van der Waals surface area contributed by atoms with Crippen LogP contribution in [0, 0.1) is 0 Å². The molecule has 0 aromatic carbocycles. The van der Waals surface area contributed by atoms with E-state index in [4.69, 9.17) is 0 Å². The molecule has 3 heterocycles. The number of aromatic amines is 1. The molecule has 0 saturated heterocycles. The predicted molar refractivity (Wildman–Crippen MR) is 94.7 cm³/mol. The number of nitrogens with one attached hydrogen (secondary N) is 2. The highest BCUT2D eigenvalue weighted by Gasteiger charge is 2.16. The summed E-state index contributed by atoms with van der Waals surface area (Å²) in [7, 11) is 1.30. The van der Waals surface area contributed by atoms with Crippen molar-refractivity contribution >= 4 is 52.0 Å². The summed E-state index contributed by atoms with van der Waals surface area (Å²) in [6.07, 6.45) is 0. The van der Waals surface area contributed by atoms with Gasteiger partial charge in [-0.05, 0) is 22.9 Å². The van der Waals surface area contributed by atoms with E-state index in [9.17, 15) is 9.59 Å². The van der Waals surface area contributed by atoms with Crippen molar-refractivity contribution < 1.29 is 14.3 Å². The van der Waals surface area contributed by atoms with Crippen LogP contribution < -0.4 is 5.32 Å². The highest BCUT2D eigenvalue weighted by atomic mass is 32.2. The van der Waals surface area contributed by atoms with Gasteiger partial charge in [-0.1, -0.05) is 17.8 Å². The molecule has 0 saturated carbocycles. The number of thioether (sulfide) groups is 1. The van der Waals surface area contributed by atoms with E-state index in [1.165, 1.54) is 30.2 Å². The Morgan fingerprint density at radius 2 is 2.21 bits per heavy atom. The molecule has 0 fully saturated rings. The molecule has 10 heteroatoms. The zero-order valence-corrected chi connectivity index (χ0v) is 14.9. The molecule has 24 heavy (non-hydrogen) atoms. The van der Waals surface area contributed by atoms with Gasteiger partial charge in [0.2, 0.25) is 11.1 Å². The molecular weight excluding hydrogens is 368 g/mol. The fourth-order valence-corrected chi connectivity index (χ4v) is 3.84. The lowest BCUT2D eigenvalue weighted by Crippen LogP contribution is -2.15. The zero-order chi connectivity index (χ0) is 16.9. The molecule has 7 nitrogen and oxygen atoms in total. The van der Waals surface area contributed by atoms with E-state index in [1.54, 1.807) is 22.8 Å². The summed E-state index contributed by atoms with van der Waals surface area (Å²) < 4.78 is 4.68. The third-order valence-corrected chi connectivity index (χ3v) is 5.48. The van der Waals surface area contributed by atoms with Gasteiger partial charge in [0.1, 0.15) is 4.88 Å². The quantitative estimate of drug-likeness (QED) is 0.504. The second kappa shape index (κ2) is 7.60. The summed E-state index contributed by atoms with van der Waals surface area (Å²) in [5.41, 5.74) is 0.451. The summed E-state index contributed by atoms with van der Waals surface area (Å²) in [5.74, 6) is 0.102. The van der Waals surface area contributed by atoms with Crippen LogP contribution in [0.3, 0.4) is 0 Å². The van der Waals surface area contributed by atoms with Gasteiger partial charge in [0.05, 0.1) is 23.4 Å². The van der Waals surface area contributed by atoms with Crippen molar-refractivity contribution in [3.63, 3.8) is 0 Å². The van der Waals surface area contributed by atoms with Crippen molar-refractivity contribution in [2.24, 2.45) is 0 Å². The molecule has 0 unspecified atom stereocenters.